The summed E-state index contributed by atoms with van der Waals surface area (Å²) in [5, 5.41) is 10.8. The van der Waals surface area contributed by atoms with Crippen molar-refractivity contribution in [2.45, 2.75) is 27.2 Å². The Balaban J connectivity index is 1.87. The molecule has 0 radical (unpaired) electrons. The number of ether oxygens (including phenoxy) is 1. The summed E-state index contributed by atoms with van der Waals surface area (Å²) in [6.07, 6.45) is 2.92. The molecular weight excluding hydrogens is 416 g/mol. The molecule has 0 unspecified atom stereocenters. The van der Waals surface area contributed by atoms with Crippen LogP contribution in [0, 0.1) is 25.2 Å². The Morgan fingerprint density at radius 1 is 1.23 bits per heavy atom. The van der Waals surface area contributed by atoms with E-state index in [4.69, 9.17) is 16.3 Å². The van der Waals surface area contributed by atoms with E-state index >= 15 is 0 Å². The average molecular weight is 439 g/mol. The Morgan fingerprint density at radius 2 is 1.97 bits per heavy atom. The molecule has 0 amide bonds. The summed E-state index contributed by atoms with van der Waals surface area (Å²) in [6.45, 7) is 7.06. The van der Waals surface area contributed by atoms with Crippen molar-refractivity contribution in [3.63, 3.8) is 0 Å². The Labute approximate surface area is 186 Å². The highest BCUT2D eigenvalue weighted by molar-refractivity contribution is 7.08. The summed E-state index contributed by atoms with van der Waals surface area (Å²) in [5.74, 6) is 0.691. The first kappa shape index (κ1) is 21.8. The zero-order chi connectivity index (χ0) is 21.7. The van der Waals surface area contributed by atoms with E-state index < -0.39 is 0 Å². The lowest BCUT2D eigenvalue weighted by Gasteiger charge is -2.13. The molecule has 30 heavy (non-hydrogen) atoms. The predicted molar refractivity (Wildman–Crippen MR) is 124 cm³/mol. The van der Waals surface area contributed by atoms with Gasteiger partial charge in [-0.15, -0.1) is 0 Å². The summed E-state index contributed by atoms with van der Waals surface area (Å²) in [6, 6.07) is 13.4. The Bertz CT molecular complexity index is 1100. The van der Waals surface area contributed by atoms with Gasteiger partial charge in [-0.1, -0.05) is 30.7 Å². The number of aliphatic imine (C=N–C) groups is 1. The van der Waals surface area contributed by atoms with Crippen LogP contribution in [0.15, 0.2) is 41.4 Å². The number of hydrogen-bond donors (Lipinski definition) is 0. The highest BCUT2D eigenvalue weighted by Gasteiger charge is 2.18. The number of hydrogen-bond acceptors (Lipinski definition) is 5. The lowest BCUT2D eigenvalue weighted by Crippen LogP contribution is -2.16. The van der Waals surface area contributed by atoms with Gasteiger partial charge in [-0.25, -0.2) is 4.99 Å². The molecule has 3 rings (SSSR count). The third kappa shape index (κ3) is 4.99. The summed E-state index contributed by atoms with van der Waals surface area (Å²) >= 11 is 7.13. The first-order chi connectivity index (χ1) is 14.4. The molecule has 5 nitrogen and oxygen atoms in total. The van der Waals surface area contributed by atoms with Crippen molar-refractivity contribution in [1.82, 2.24) is 9.27 Å². The Kier molecular flexibility index (Phi) is 7.09. The molecule has 0 atom stereocenters. The first-order valence-corrected chi connectivity index (χ1v) is 10.8. The number of aromatic nitrogens is 1. The second kappa shape index (κ2) is 9.75. The van der Waals surface area contributed by atoms with Crippen LogP contribution >= 0.6 is 23.1 Å². The van der Waals surface area contributed by atoms with Crippen LogP contribution in [-0.4, -0.2) is 29.2 Å². The standard InChI is InChI=1S/C23H23ClN4OS/c1-5-10-28(4)14-26-20-11-16(3)21(12-15(20)2)29-23-19(13-25)22(27-30-23)17-6-8-18(24)9-7-17/h6-9,11-12,14H,5,10H2,1-4H3. The van der Waals surface area contributed by atoms with Gasteiger partial charge in [-0.05, 0) is 55.7 Å². The number of aryl methyl sites for hydroxylation is 2. The van der Waals surface area contributed by atoms with Crippen LogP contribution in [0.3, 0.4) is 0 Å². The summed E-state index contributed by atoms with van der Waals surface area (Å²) < 4.78 is 10.5. The quantitative estimate of drug-likeness (QED) is 0.302. The van der Waals surface area contributed by atoms with Crippen LogP contribution in [-0.2, 0) is 0 Å². The lowest BCUT2D eigenvalue weighted by molar-refractivity contribution is 0.491. The van der Waals surface area contributed by atoms with Crippen LogP contribution in [0.25, 0.3) is 11.3 Å². The van der Waals surface area contributed by atoms with Gasteiger partial charge in [0.2, 0.25) is 5.06 Å². The van der Waals surface area contributed by atoms with Crippen molar-refractivity contribution in [2.75, 3.05) is 13.6 Å². The van der Waals surface area contributed by atoms with E-state index in [1.807, 2.05) is 51.5 Å². The molecule has 0 aliphatic carbocycles. The molecule has 0 saturated carbocycles. The Hall–Kier alpha value is -2.88. The van der Waals surface area contributed by atoms with Gasteiger partial charge in [0.15, 0.2) is 0 Å². The van der Waals surface area contributed by atoms with Crippen molar-refractivity contribution in [3.8, 4) is 28.1 Å². The largest absolute Gasteiger partial charge is 0.443 e. The van der Waals surface area contributed by atoms with Gasteiger partial charge in [-0.2, -0.15) is 9.64 Å². The summed E-state index contributed by atoms with van der Waals surface area (Å²) in [5.41, 5.74) is 4.69. The minimum Gasteiger partial charge on any atom is -0.443 e. The van der Waals surface area contributed by atoms with Gasteiger partial charge in [0.25, 0.3) is 0 Å². The van der Waals surface area contributed by atoms with E-state index in [1.165, 1.54) is 11.5 Å². The molecule has 154 valence electrons. The molecule has 1 heterocycles. The van der Waals surface area contributed by atoms with Crippen LogP contribution in [0.2, 0.25) is 5.02 Å². The van der Waals surface area contributed by atoms with Crippen LogP contribution < -0.4 is 4.74 Å². The fourth-order valence-electron chi connectivity index (χ4n) is 2.94. The third-order valence-electron chi connectivity index (χ3n) is 4.56. The summed E-state index contributed by atoms with van der Waals surface area (Å²) in [4.78, 5) is 6.65. The molecular formula is C23H23ClN4OS. The number of nitrogens with zero attached hydrogens (tertiary/aromatic N) is 4. The molecule has 2 aromatic carbocycles. The molecule has 0 bridgehead atoms. The SMILES string of the molecule is CCCN(C)C=Nc1cc(C)c(Oc2snc(-c3ccc(Cl)cc3)c2C#N)cc1C. The molecule has 3 aromatic rings. The van der Waals surface area contributed by atoms with E-state index in [0.717, 1.165) is 35.3 Å². The van der Waals surface area contributed by atoms with Crippen LogP contribution in [0.1, 0.15) is 30.0 Å². The zero-order valence-electron chi connectivity index (χ0n) is 17.4. The first-order valence-electron chi connectivity index (χ1n) is 9.62. The minimum atomic E-state index is 0.419. The zero-order valence-corrected chi connectivity index (χ0v) is 19.0. The second-order valence-corrected chi connectivity index (χ2v) is 8.22. The smallest absolute Gasteiger partial charge is 0.218 e. The van der Waals surface area contributed by atoms with Gasteiger partial charge < -0.3 is 9.64 Å². The lowest BCUT2D eigenvalue weighted by atomic mass is 10.1. The van der Waals surface area contributed by atoms with E-state index in [2.05, 4.69) is 27.3 Å². The normalized spacial score (nSPS) is 10.9. The molecule has 0 aliphatic heterocycles. The predicted octanol–water partition coefficient (Wildman–Crippen LogP) is 6.75. The van der Waals surface area contributed by atoms with Crippen molar-refractivity contribution in [2.24, 2.45) is 4.99 Å². The van der Waals surface area contributed by atoms with E-state index in [9.17, 15) is 5.26 Å². The molecule has 1 aromatic heterocycles. The fourth-order valence-corrected chi connectivity index (χ4v) is 3.80. The fraction of sp³-hybridized carbons (Fsp3) is 0.261. The number of nitriles is 1. The Morgan fingerprint density at radius 3 is 2.63 bits per heavy atom. The third-order valence-corrected chi connectivity index (χ3v) is 5.54. The maximum absolute atomic E-state index is 9.70. The van der Waals surface area contributed by atoms with Crippen molar-refractivity contribution in [3.05, 3.63) is 58.1 Å². The second-order valence-electron chi connectivity index (χ2n) is 7.04. The van der Waals surface area contributed by atoms with Gasteiger partial charge in [0.1, 0.15) is 23.1 Å². The summed E-state index contributed by atoms with van der Waals surface area (Å²) in [7, 11) is 2.01. The van der Waals surface area contributed by atoms with Gasteiger partial charge >= 0.3 is 0 Å². The van der Waals surface area contributed by atoms with Gasteiger partial charge in [0.05, 0.1) is 12.0 Å². The number of rotatable bonds is 7. The van der Waals surface area contributed by atoms with E-state index in [-0.39, 0.29) is 0 Å². The molecule has 0 spiro atoms. The molecule has 0 fully saturated rings. The van der Waals surface area contributed by atoms with Crippen molar-refractivity contribution < 1.29 is 4.74 Å². The van der Waals surface area contributed by atoms with E-state index in [1.54, 1.807) is 12.1 Å². The molecule has 0 N–H and O–H groups in total. The molecule has 0 aliphatic rings. The van der Waals surface area contributed by atoms with Crippen molar-refractivity contribution >= 4 is 35.2 Å². The maximum Gasteiger partial charge on any atom is 0.218 e. The maximum atomic E-state index is 9.70. The number of benzene rings is 2. The molecule has 7 heteroatoms. The van der Waals surface area contributed by atoms with Gasteiger partial charge in [-0.3, -0.25) is 0 Å². The van der Waals surface area contributed by atoms with Crippen molar-refractivity contribution in [1.29, 1.82) is 5.26 Å². The van der Waals surface area contributed by atoms with E-state index in [0.29, 0.717) is 27.1 Å². The topological polar surface area (TPSA) is 61.5 Å². The highest BCUT2D eigenvalue weighted by atomic mass is 35.5. The average Bonchev–Trinajstić information content (AvgIpc) is 3.12. The van der Waals surface area contributed by atoms with Crippen LogP contribution in [0.4, 0.5) is 5.69 Å². The van der Waals surface area contributed by atoms with Gasteiger partial charge in [0, 0.05) is 35.7 Å². The number of halogens is 1. The minimum absolute atomic E-state index is 0.419. The highest BCUT2D eigenvalue weighted by Crippen LogP contribution is 2.39. The molecule has 0 saturated heterocycles. The monoisotopic (exact) mass is 438 g/mol. The van der Waals surface area contributed by atoms with Crippen LogP contribution in [0.5, 0.6) is 10.8 Å².